The molecule has 0 aromatic carbocycles. The zero-order chi connectivity index (χ0) is 15.8. The van der Waals surface area contributed by atoms with Crippen LogP contribution in [-0.4, -0.2) is 22.1 Å². The lowest BCUT2D eigenvalue weighted by molar-refractivity contribution is 0.0523. The Morgan fingerprint density at radius 1 is 1.29 bits per heavy atom. The molecule has 1 aliphatic rings. The fourth-order valence-corrected chi connectivity index (χ4v) is 3.49. The van der Waals surface area contributed by atoms with Crippen molar-refractivity contribution in [2.24, 2.45) is 17.1 Å². The van der Waals surface area contributed by atoms with Crippen molar-refractivity contribution in [2.75, 3.05) is 0 Å². The van der Waals surface area contributed by atoms with Gasteiger partial charge in [-0.05, 0) is 50.0 Å². The van der Waals surface area contributed by atoms with Crippen molar-refractivity contribution < 1.29 is 4.74 Å². The minimum atomic E-state index is -0.0105. The Bertz CT molecular complexity index is 553. The van der Waals surface area contributed by atoms with Gasteiger partial charge in [0.05, 0.1) is 11.3 Å². The third-order valence-corrected chi connectivity index (χ3v) is 4.32. The molecule has 1 heterocycles. The molecule has 1 saturated carbocycles. The van der Waals surface area contributed by atoms with Crippen LogP contribution in [0, 0.1) is 30.6 Å². The van der Waals surface area contributed by atoms with Gasteiger partial charge in [-0.3, -0.25) is 5.41 Å². The van der Waals surface area contributed by atoms with Crippen LogP contribution in [0.4, 0.5) is 0 Å². The molecule has 21 heavy (non-hydrogen) atoms. The van der Waals surface area contributed by atoms with Gasteiger partial charge in [0.25, 0.3) is 0 Å². The second-order valence-electron chi connectivity index (χ2n) is 7.16. The molecule has 0 radical (unpaired) electrons. The number of rotatable bonds is 3. The lowest BCUT2D eigenvalue weighted by atomic mass is 9.71. The van der Waals surface area contributed by atoms with Gasteiger partial charge in [-0.25, -0.2) is 0 Å². The highest BCUT2D eigenvalue weighted by Crippen LogP contribution is 2.40. The summed E-state index contributed by atoms with van der Waals surface area (Å²) in [5, 5.41) is 16.0. The highest BCUT2D eigenvalue weighted by atomic mass is 16.5. The van der Waals surface area contributed by atoms with Crippen LogP contribution in [0.3, 0.4) is 0 Å². The Kier molecular flexibility index (Phi) is 4.21. The quantitative estimate of drug-likeness (QED) is 0.662. The Balaban J connectivity index is 2.27. The van der Waals surface area contributed by atoms with E-state index in [0.29, 0.717) is 17.4 Å². The summed E-state index contributed by atoms with van der Waals surface area (Å²) < 4.78 is 6.10. The molecule has 0 spiro atoms. The molecule has 2 atom stereocenters. The van der Waals surface area contributed by atoms with E-state index in [4.69, 9.17) is 15.9 Å². The summed E-state index contributed by atoms with van der Waals surface area (Å²) in [7, 11) is 0. The minimum Gasteiger partial charge on any atom is -0.473 e. The summed E-state index contributed by atoms with van der Waals surface area (Å²) in [6, 6.07) is 0. The van der Waals surface area contributed by atoms with Crippen LogP contribution >= 0.6 is 0 Å². The van der Waals surface area contributed by atoms with E-state index in [9.17, 15) is 0 Å². The minimum absolute atomic E-state index is 0.0105. The first-order chi connectivity index (χ1) is 9.69. The average Bonchev–Trinajstić information content (AvgIpc) is 2.30. The molecule has 1 aliphatic carbocycles. The first kappa shape index (κ1) is 15.7. The third kappa shape index (κ3) is 3.52. The summed E-state index contributed by atoms with van der Waals surface area (Å²) in [5.74, 6) is 1.02. The van der Waals surface area contributed by atoms with E-state index in [-0.39, 0.29) is 17.4 Å². The molecule has 0 aliphatic heterocycles. The smallest absolute Gasteiger partial charge is 0.245 e. The molecule has 2 unspecified atom stereocenters. The van der Waals surface area contributed by atoms with Gasteiger partial charge in [-0.2, -0.15) is 5.10 Å². The summed E-state index contributed by atoms with van der Waals surface area (Å²) >= 11 is 0. The van der Waals surface area contributed by atoms with Crippen LogP contribution in [0.2, 0.25) is 0 Å². The molecule has 1 fully saturated rings. The summed E-state index contributed by atoms with van der Waals surface area (Å²) in [6.07, 6.45) is 3.32. The molecule has 1 aromatic heterocycles. The highest BCUT2D eigenvalue weighted by Gasteiger charge is 2.34. The number of aryl methyl sites for hydroxylation is 1. The number of ether oxygens (including phenoxy) is 1. The van der Waals surface area contributed by atoms with Gasteiger partial charge >= 0.3 is 0 Å². The number of nitrogens with two attached hydrogens (primary N) is 1. The van der Waals surface area contributed by atoms with Crippen molar-refractivity contribution in [3.8, 4) is 5.88 Å². The maximum Gasteiger partial charge on any atom is 0.245 e. The predicted molar refractivity (Wildman–Crippen MR) is 83.7 cm³/mol. The normalized spacial score (nSPS) is 24.6. The molecule has 0 bridgehead atoms. The molecule has 5 nitrogen and oxygen atoms in total. The Hall–Kier alpha value is -1.65. The van der Waals surface area contributed by atoms with E-state index in [0.717, 1.165) is 24.1 Å². The van der Waals surface area contributed by atoms with Crippen LogP contribution in [-0.2, 0) is 0 Å². The average molecular weight is 290 g/mol. The number of amidine groups is 1. The van der Waals surface area contributed by atoms with E-state index in [1.54, 1.807) is 0 Å². The van der Waals surface area contributed by atoms with Crippen molar-refractivity contribution in [1.82, 2.24) is 10.2 Å². The zero-order valence-electron chi connectivity index (χ0n) is 13.7. The highest BCUT2D eigenvalue weighted by molar-refractivity contribution is 5.98. The second-order valence-corrected chi connectivity index (χ2v) is 7.16. The molecular formula is C16H26N4O. The van der Waals surface area contributed by atoms with Crippen LogP contribution in [0.15, 0.2) is 0 Å². The van der Waals surface area contributed by atoms with Crippen molar-refractivity contribution in [2.45, 2.75) is 60.0 Å². The Morgan fingerprint density at radius 2 is 1.95 bits per heavy atom. The summed E-state index contributed by atoms with van der Waals surface area (Å²) in [5.41, 5.74) is 8.21. The van der Waals surface area contributed by atoms with E-state index in [2.05, 4.69) is 31.0 Å². The standard InChI is InChI=1S/C16H26N4O/c1-9-6-12(8-16(4,5)7-9)21-15-13(14(17)18)10(2)11(3)19-20-15/h9,12H,6-8H2,1-5H3,(H3,17,18). The molecule has 0 amide bonds. The topological polar surface area (TPSA) is 84.9 Å². The molecule has 116 valence electrons. The number of aromatic nitrogens is 2. The van der Waals surface area contributed by atoms with Gasteiger partial charge < -0.3 is 10.5 Å². The van der Waals surface area contributed by atoms with E-state index in [1.165, 1.54) is 6.42 Å². The maximum atomic E-state index is 7.78. The van der Waals surface area contributed by atoms with Gasteiger partial charge in [0.15, 0.2) is 0 Å². The van der Waals surface area contributed by atoms with Crippen molar-refractivity contribution in [3.05, 3.63) is 16.8 Å². The number of hydrogen-bond acceptors (Lipinski definition) is 4. The third-order valence-electron chi connectivity index (χ3n) is 4.32. The van der Waals surface area contributed by atoms with Crippen LogP contribution in [0.5, 0.6) is 5.88 Å². The molecule has 3 N–H and O–H groups in total. The number of hydrogen-bond donors (Lipinski definition) is 2. The summed E-state index contributed by atoms with van der Waals surface area (Å²) in [6.45, 7) is 10.6. The number of nitrogens with one attached hydrogen (secondary N) is 1. The Labute approximate surface area is 126 Å². The van der Waals surface area contributed by atoms with Gasteiger partial charge in [0, 0.05) is 0 Å². The molecule has 1 aromatic rings. The fourth-order valence-electron chi connectivity index (χ4n) is 3.49. The monoisotopic (exact) mass is 290 g/mol. The largest absolute Gasteiger partial charge is 0.473 e. The Morgan fingerprint density at radius 3 is 2.52 bits per heavy atom. The first-order valence-corrected chi connectivity index (χ1v) is 7.54. The molecule has 5 heteroatoms. The fraction of sp³-hybridized carbons (Fsp3) is 0.688. The van der Waals surface area contributed by atoms with Gasteiger partial charge in [-0.1, -0.05) is 20.8 Å². The maximum absolute atomic E-state index is 7.78. The zero-order valence-corrected chi connectivity index (χ0v) is 13.7. The van der Waals surface area contributed by atoms with Crippen molar-refractivity contribution in [3.63, 3.8) is 0 Å². The van der Waals surface area contributed by atoms with Crippen LogP contribution in [0.1, 0.15) is 56.9 Å². The van der Waals surface area contributed by atoms with Gasteiger partial charge in [0.2, 0.25) is 5.88 Å². The van der Waals surface area contributed by atoms with E-state index >= 15 is 0 Å². The van der Waals surface area contributed by atoms with Crippen molar-refractivity contribution in [1.29, 1.82) is 5.41 Å². The lowest BCUT2D eigenvalue weighted by Gasteiger charge is -2.38. The van der Waals surface area contributed by atoms with Crippen molar-refractivity contribution >= 4 is 5.84 Å². The molecule has 0 saturated heterocycles. The van der Waals surface area contributed by atoms with Crippen LogP contribution < -0.4 is 10.5 Å². The van der Waals surface area contributed by atoms with Crippen LogP contribution in [0.25, 0.3) is 0 Å². The van der Waals surface area contributed by atoms with E-state index in [1.807, 2.05) is 13.8 Å². The number of nitrogen functional groups attached to an aromatic ring is 1. The second kappa shape index (κ2) is 5.62. The van der Waals surface area contributed by atoms with Gasteiger partial charge in [0.1, 0.15) is 11.9 Å². The first-order valence-electron chi connectivity index (χ1n) is 7.54. The SMILES string of the molecule is Cc1nnc(OC2CC(C)CC(C)(C)C2)c(C(=N)N)c1C. The molecular weight excluding hydrogens is 264 g/mol. The van der Waals surface area contributed by atoms with E-state index < -0.39 is 0 Å². The number of nitrogens with zero attached hydrogens (tertiary/aromatic N) is 2. The summed E-state index contributed by atoms with van der Waals surface area (Å²) in [4.78, 5) is 0. The predicted octanol–water partition coefficient (Wildman–Crippen LogP) is 2.97. The molecule has 2 rings (SSSR count). The van der Waals surface area contributed by atoms with Gasteiger partial charge in [-0.15, -0.1) is 5.10 Å². The lowest BCUT2D eigenvalue weighted by Crippen LogP contribution is -2.35.